The molecule has 0 spiro atoms. The monoisotopic (exact) mass is 586 g/mol. The topological polar surface area (TPSA) is 77.4 Å². The average molecular weight is 588 g/mol. The molecule has 0 radical (unpaired) electrons. The van der Waals surface area contributed by atoms with Crippen molar-refractivity contribution < 1.29 is 29.2 Å². The molecule has 7 heteroatoms. The van der Waals surface area contributed by atoms with Gasteiger partial charge in [-0.25, -0.2) is 0 Å². The minimum atomic E-state index is -0.909. The highest BCUT2D eigenvalue weighted by atomic mass is 79.9. The number of alkyl halides is 1. The molecular weight excluding hydrogens is 536 g/mol. The number of rotatable bonds is 6. The maximum atomic E-state index is 11.0. The van der Waals surface area contributed by atoms with Gasteiger partial charge < -0.3 is 29.2 Å². The maximum absolute atomic E-state index is 11.0. The number of hydrogen-bond acceptors (Lipinski definition) is 6. The van der Waals surface area contributed by atoms with E-state index in [2.05, 4.69) is 50.2 Å². The number of aliphatic hydroxyl groups is 2. The van der Waals surface area contributed by atoms with E-state index >= 15 is 0 Å². The van der Waals surface area contributed by atoms with Crippen molar-refractivity contribution in [3.63, 3.8) is 0 Å². The number of halogens is 1. The van der Waals surface area contributed by atoms with Gasteiger partial charge in [-0.1, -0.05) is 22.5 Å². The van der Waals surface area contributed by atoms with Crippen molar-refractivity contribution >= 4 is 15.9 Å². The van der Waals surface area contributed by atoms with E-state index < -0.39 is 17.3 Å². The van der Waals surface area contributed by atoms with E-state index in [1.165, 1.54) is 0 Å². The van der Waals surface area contributed by atoms with Crippen molar-refractivity contribution in [1.29, 1.82) is 0 Å². The van der Waals surface area contributed by atoms with Gasteiger partial charge in [0, 0.05) is 4.83 Å². The first-order chi connectivity index (χ1) is 17.0. The molecule has 0 amide bonds. The first-order valence-corrected chi connectivity index (χ1v) is 15.3. The van der Waals surface area contributed by atoms with Gasteiger partial charge in [-0.15, -0.1) is 0 Å². The zero-order chi connectivity index (χ0) is 27.4. The lowest BCUT2D eigenvalue weighted by atomic mass is 9.83. The highest BCUT2D eigenvalue weighted by molar-refractivity contribution is 9.09. The molecule has 4 rings (SSSR count). The minimum Gasteiger partial charge on any atom is -0.390 e. The summed E-state index contributed by atoms with van der Waals surface area (Å²) in [6.45, 7) is 18.6. The van der Waals surface area contributed by atoms with Crippen molar-refractivity contribution in [1.82, 2.24) is 0 Å². The van der Waals surface area contributed by atoms with Crippen molar-refractivity contribution in [2.75, 3.05) is 0 Å². The summed E-state index contributed by atoms with van der Waals surface area (Å²) in [6, 6.07) is 0. The Bertz CT molecular complexity index is 840. The molecule has 4 aliphatic rings. The number of ether oxygens (including phenoxy) is 4. The predicted molar refractivity (Wildman–Crippen MR) is 149 cm³/mol. The number of aliphatic hydroxyl groups excluding tert-OH is 1. The standard InChI is InChI=1S/C30H51BrO6/c1-19(9-11-22(32)28(6)17-14-23(36-28)26(2,3)33)20-10-12-24-29(7,34-20)18-15-25-30(8,37-24)16-13-21(31)27(4,5)35-25/h20-25,32-33H,1,9-18H2,2-8H3. The van der Waals surface area contributed by atoms with E-state index in [-0.39, 0.29) is 41.2 Å². The fraction of sp³-hybridized carbons (Fsp3) is 0.933. The third-order valence-electron chi connectivity index (χ3n) is 9.88. The minimum absolute atomic E-state index is 0.0281. The van der Waals surface area contributed by atoms with Crippen molar-refractivity contribution in [2.45, 2.75) is 176 Å². The van der Waals surface area contributed by atoms with Crippen LogP contribution < -0.4 is 0 Å². The molecular formula is C30H51BrO6. The Morgan fingerprint density at radius 3 is 2.16 bits per heavy atom. The lowest BCUT2D eigenvalue weighted by molar-refractivity contribution is -0.232. The van der Waals surface area contributed by atoms with Gasteiger partial charge in [-0.05, 0) is 118 Å². The second kappa shape index (κ2) is 10.4. The van der Waals surface area contributed by atoms with Crippen molar-refractivity contribution in [3.05, 3.63) is 12.2 Å². The lowest BCUT2D eigenvalue weighted by Gasteiger charge is -2.46. The largest absolute Gasteiger partial charge is 0.390 e. The molecule has 0 aromatic rings. The first kappa shape index (κ1) is 30.0. The average Bonchev–Trinajstić information content (AvgIpc) is 3.15. The normalized spacial score (nSPS) is 45.3. The van der Waals surface area contributed by atoms with Gasteiger partial charge in [0.15, 0.2) is 0 Å². The van der Waals surface area contributed by atoms with Crippen LogP contribution in [0.2, 0.25) is 0 Å². The van der Waals surface area contributed by atoms with E-state index in [9.17, 15) is 10.2 Å². The van der Waals surface area contributed by atoms with Crippen LogP contribution in [0.15, 0.2) is 12.2 Å². The molecule has 2 N–H and O–H groups in total. The summed E-state index contributed by atoms with van der Waals surface area (Å²) in [5, 5.41) is 21.4. The molecule has 0 saturated carbocycles. The van der Waals surface area contributed by atoms with Crippen LogP contribution in [0.25, 0.3) is 0 Å². The van der Waals surface area contributed by atoms with Crippen molar-refractivity contribution in [3.8, 4) is 0 Å². The molecule has 4 aliphatic heterocycles. The molecule has 214 valence electrons. The van der Waals surface area contributed by atoms with Crippen LogP contribution in [0.5, 0.6) is 0 Å². The van der Waals surface area contributed by atoms with Gasteiger partial charge in [-0.2, -0.15) is 0 Å². The predicted octanol–water partition coefficient (Wildman–Crippen LogP) is 5.99. The van der Waals surface area contributed by atoms with Gasteiger partial charge in [-0.3, -0.25) is 0 Å². The van der Waals surface area contributed by atoms with Gasteiger partial charge >= 0.3 is 0 Å². The molecule has 0 bridgehead atoms. The smallest absolute Gasteiger partial charge is 0.0924 e. The third kappa shape index (κ3) is 6.18. The summed E-state index contributed by atoms with van der Waals surface area (Å²) in [4.78, 5) is 0.308. The molecule has 6 nitrogen and oxygen atoms in total. The highest BCUT2D eigenvalue weighted by Gasteiger charge is 2.54. The lowest BCUT2D eigenvalue weighted by Crippen LogP contribution is -2.53. The van der Waals surface area contributed by atoms with Crippen LogP contribution in [0, 0.1) is 0 Å². The molecule has 0 aromatic carbocycles. The van der Waals surface area contributed by atoms with E-state index in [1.54, 1.807) is 13.8 Å². The third-order valence-corrected chi connectivity index (χ3v) is 11.4. The van der Waals surface area contributed by atoms with Crippen LogP contribution in [-0.2, 0) is 18.9 Å². The molecule has 4 heterocycles. The van der Waals surface area contributed by atoms with Crippen molar-refractivity contribution in [2.24, 2.45) is 0 Å². The second-order valence-corrected chi connectivity index (χ2v) is 15.1. The maximum Gasteiger partial charge on any atom is 0.0924 e. The zero-order valence-corrected chi connectivity index (χ0v) is 25.7. The summed E-state index contributed by atoms with van der Waals surface area (Å²) in [5.41, 5.74) is -1.47. The fourth-order valence-corrected chi connectivity index (χ4v) is 7.22. The van der Waals surface area contributed by atoms with Gasteiger partial charge in [0.05, 0.1) is 58.5 Å². The Labute approximate surface area is 233 Å². The molecule has 9 atom stereocenters. The second-order valence-electron chi connectivity index (χ2n) is 14.0. The quantitative estimate of drug-likeness (QED) is 0.294. The summed E-state index contributed by atoms with van der Waals surface area (Å²) >= 11 is 3.85. The fourth-order valence-electron chi connectivity index (χ4n) is 6.88. The summed E-state index contributed by atoms with van der Waals surface area (Å²) in [5.74, 6) is 0. The van der Waals surface area contributed by atoms with Crippen LogP contribution in [0.4, 0.5) is 0 Å². The molecule has 4 saturated heterocycles. The zero-order valence-electron chi connectivity index (χ0n) is 24.1. The first-order valence-electron chi connectivity index (χ1n) is 14.4. The Hall–Kier alpha value is -0.0200. The number of fused-ring (bicyclic) bond motifs is 2. The Kier molecular flexibility index (Phi) is 8.44. The Morgan fingerprint density at radius 1 is 0.892 bits per heavy atom. The van der Waals surface area contributed by atoms with Gasteiger partial charge in [0.2, 0.25) is 0 Å². The molecule has 0 aromatic heterocycles. The highest BCUT2D eigenvalue weighted by Crippen LogP contribution is 2.48. The Morgan fingerprint density at radius 2 is 1.51 bits per heavy atom. The summed E-state index contributed by atoms with van der Waals surface area (Å²) in [6.07, 6.45) is 7.47. The van der Waals surface area contributed by atoms with Crippen LogP contribution in [0.3, 0.4) is 0 Å². The van der Waals surface area contributed by atoms with E-state index in [0.717, 1.165) is 56.9 Å². The molecule has 0 aliphatic carbocycles. The SMILES string of the molecule is C=C(CCC(O)C1(C)CCC(C(C)(C)O)O1)C1CCC2OC3(C)CCC(Br)C(C)(C)OC3CCC2(C)O1. The Balaban J connectivity index is 1.35. The molecule has 37 heavy (non-hydrogen) atoms. The number of hydrogen-bond donors (Lipinski definition) is 2. The van der Waals surface area contributed by atoms with Crippen LogP contribution >= 0.6 is 15.9 Å². The van der Waals surface area contributed by atoms with Gasteiger partial charge in [0.25, 0.3) is 0 Å². The molecule has 4 fully saturated rings. The van der Waals surface area contributed by atoms with E-state index in [1.807, 2.05) is 6.92 Å². The van der Waals surface area contributed by atoms with E-state index in [0.29, 0.717) is 17.7 Å². The van der Waals surface area contributed by atoms with Crippen LogP contribution in [0.1, 0.15) is 113 Å². The summed E-state index contributed by atoms with van der Waals surface area (Å²) in [7, 11) is 0. The van der Waals surface area contributed by atoms with E-state index in [4.69, 9.17) is 18.9 Å². The summed E-state index contributed by atoms with van der Waals surface area (Å²) < 4.78 is 26.5. The van der Waals surface area contributed by atoms with Crippen LogP contribution in [-0.4, -0.2) is 73.6 Å². The molecule has 9 unspecified atom stereocenters. The van der Waals surface area contributed by atoms with Gasteiger partial charge in [0.1, 0.15) is 0 Å².